The fourth-order valence-electron chi connectivity index (χ4n) is 2.82. The van der Waals surface area contributed by atoms with Gasteiger partial charge in [0.1, 0.15) is 5.75 Å². The third-order valence-corrected chi connectivity index (χ3v) is 4.31. The molecule has 1 aliphatic rings. The second-order valence-corrected chi connectivity index (χ2v) is 5.57. The first-order valence-corrected chi connectivity index (χ1v) is 7.37. The smallest absolute Gasteiger partial charge is 0.115 e. The molecule has 3 heteroatoms. The Hall–Kier alpha value is -0.730. The first-order chi connectivity index (χ1) is 8.79. The molecule has 1 aromatic carbocycles. The van der Waals surface area contributed by atoms with Gasteiger partial charge in [-0.25, -0.2) is 0 Å². The van der Waals surface area contributed by atoms with Gasteiger partial charge in [0.25, 0.3) is 0 Å². The first-order valence-electron chi connectivity index (χ1n) is 6.84. The van der Waals surface area contributed by atoms with E-state index in [1.54, 1.807) is 6.07 Å². The molecule has 0 amide bonds. The lowest BCUT2D eigenvalue weighted by Gasteiger charge is -2.30. The van der Waals surface area contributed by atoms with Gasteiger partial charge in [-0.3, -0.25) is 0 Å². The molecule has 2 unspecified atom stereocenters. The van der Waals surface area contributed by atoms with E-state index in [4.69, 9.17) is 11.6 Å². The summed E-state index contributed by atoms with van der Waals surface area (Å²) in [5.74, 6) is 2.52. The van der Waals surface area contributed by atoms with Crippen molar-refractivity contribution in [3.63, 3.8) is 0 Å². The standard InChI is InChI=1S/C15H22ClNO/c16-9-13-5-1-2-6-14(13)11-17-10-12-4-3-7-15(18)8-12/h3-4,7-8,13-14,17-18H,1-2,5-6,9-11H2. The largest absolute Gasteiger partial charge is 0.508 e. The van der Waals surface area contributed by atoms with Crippen LogP contribution in [0.15, 0.2) is 24.3 Å². The number of aromatic hydroxyl groups is 1. The molecule has 0 aromatic heterocycles. The van der Waals surface area contributed by atoms with Crippen molar-refractivity contribution in [2.24, 2.45) is 11.8 Å². The molecule has 1 fully saturated rings. The molecule has 2 atom stereocenters. The van der Waals surface area contributed by atoms with Crippen LogP contribution in [0.4, 0.5) is 0 Å². The van der Waals surface area contributed by atoms with Crippen LogP contribution in [0.3, 0.4) is 0 Å². The average molecular weight is 268 g/mol. The number of nitrogens with one attached hydrogen (secondary N) is 1. The Morgan fingerprint density at radius 2 is 2.00 bits per heavy atom. The average Bonchev–Trinajstić information content (AvgIpc) is 2.39. The summed E-state index contributed by atoms with van der Waals surface area (Å²) >= 11 is 6.03. The highest BCUT2D eigenvalue weighted by atomic mass is 35.5. The van der Waals surface area contributed by atoms with Gasteiger partial charge < -0.3 is 10.4 Å². The minimum Gasteiger partial charge on any atom is -0.508 e. The highest BCUT2D eigenvalue weighted by Gasteiger charge is 2.23. The number of halogens is 1. The minimum absolute atomic E-state index is 0.339. The maximum Gasteiger partial charge on any atom is 0.115 e. The van der Waals surface area contributed by atoms with Gasteiger partial charge in [-0.2, -0.15) is 0 Å². The molecule has 2 N–H and O–H groups in total. The lowest BCUT2D eigenvalue weighted by molar-refractivity contribution is 0.250. The lowest BCUT2D eigenvalue weighted by Crippen LogP contribution is -2.31. The number of phenolic OH excluding ortho intramolecular Hbond substituents is 1. The Labute approximate surface area is 114 Å². The summed E-state index contributed by atoms with van der Waals surface area (Å²) in [4.78, 5) is 0. The van der Waals surface area contributed by atoms with Gasteiger partial charge in [-0.15, -0.1) is 11.6 Å². The molecule has 0 aliphatic heterocycles. The summed E-state index contributed by atoms with van der Waals surface area (Å²) in [6, 6.07) is 7.43. The molecule has 18 heavy (non-hydrogen) atoms. The maximum atomic E-state index is 9.40. The number of alkyl halides is 1. The Bertz CT molecular complexity index is 369. The number of hydrogen-bond acceptors (Lipinski definition) is 2. The molecule has 0 heterocycles. The molecule has 0 bridgehead atoms. The van der Waals surface area contributed by atoms with Crippen molar-refractivity contribution in [3.8, 4) is 5.75 Å². The predicted molar refractivity (Wildman–Crippen MR) is 76.0 cm³/mol. The van der Waals surface area contributed by atoms with E-state index in [2.05, 4.69) is 5.32 Å². The van der Waals surface area contributed by atoms with Crippen LogP contribution in [-0.4, -0.2) is 17.5 Å². The van der Waals surface area contributed by atoms with Crippen LogP contribution in [0.5, 0.6) is 5.75 Å². The summed E-state index contributed by atoms with van der Waals surface area (Å²) < 4.78 is 0. The van der Waals surface area contributed by atoms with Gasteiger partial charge in [0.15, 0.2) is 0 Å². The molecule has 0 saturated heterocycles. The lowest BCUT2D eigenvalue weighted by atomic mass is 9.80. The van der Waals surface area contributed by atoms with Crippen LogP contribution in [0.25, 0.3) is 0 Å². The molecular weight excluding hydrogens is 246 g/mol. The zero-order valence-electron chi connectivity index (χ0n) is 10.7. The van der Waals surface area contributed by atoms with Gasteiger partial charge in [0.05, 0.1) is 0 Å². The van der Waals surface area contributed by atoms with E-state index < -0.39 is 0 Å². The van der Waals surface area contributed by atoms with E-state index in [0.29, 0.717) is 17.6 Å². The van der Waals surface area contributed by atoms with Crippen LogP contribution < -0.4 is 5.32 Å². The van der Waals surface area contributed by atoms with E-state index in [1.165, 1.54) is 25.7 Å². The molecule has 1 saturated carbocycles. The van der Waals surface area contributed by atoms with Gasteiger partial charge in [-0.1, -0.05) is 25.0 Å². The summed E-state index contributed by atoms with van der Waals surface area (Å²) in [6.45, 7) is 1.85. The summed E-state index contributed by atoms with van der Waals surface area (Å²) in [5, 5.41) is 12.9. The van der Waals surface area contributed by atoms with Gasteiger partial charge in [-0.05, 0) is 48.9 Å². The quantitative estimate of drug-likeness (QED) is 0.800. The topological polar surface area (TPSA) is 32.3 Å². The van der Waals surface area contributed by atoms with Crippen LogP contribution in [0.2, 0.25) is 0 Å². The van der Waals surface area contributed by atoms with Crippen molar-refractivity contribution in [2.75, 3.05) is 12.4 Å². The Balaban J connectivity index is 1.77. The van der Waals surface area contributed by atoms with Crippen LogP contribution in [0.1, 0.15) is 31.2 Å². The fourth-order valence-corrected chi connectivity index (χ4v) is 3.23. The summed E-state index contributed by atoms with van der Waals surface area (Å²) in [5.41, 5.74) is 1.13. The SMILES string of the molecule is Oc1cccc(CNCC2CCCCC2CCl)c1. The van der Waals surface area contributed by atoms with E-state index in [1.807, 2.05) is 18.2 Å². The number of phenols is 1. The van der Waals surface area contributed by atoms with Gasteiger partial charge >= 0.3 is 0 Å². The summed E-state index contributed by atoms with van der Waals surface area (Å²) in [7, 11) is 0. The summed E-state index contributed by atoms with van der Waals surface area (Å²) in [6.07, 6.45) is 5.25. The number of rotatable bonds is 5. The normalized spacial score (nSPS) is 24.1. The zero-order chi connectivity index (χ0) is 12.8. The van der Waals surface area contributed by atoms with Crippen molar-refractivity contribution in [1.82, 2.24) is 5.32 Å². The van der Waals surface area contributed by atoms with Crippen molar-refractivity contribution in [2.45, 2.75) is 32.2 Å². The minimum atomic E-state index is 0.339. The molecule has 2 nitrogen and oxygen atoms in total. The highest BCUT2D eigenvalue weighted by Crippen LogP contribution is 2.30. The first kappa shape index (κ1) is 13.7. The van der Waals surface area contributed by atoms with Crippen LogP contribution in [-0.2, 0) is 6.54 Å². The van der Waals surface area contributed by atoms with Crippen molar-refractivity contribution in [3.05, 3.63) is 29.8 Å². The van der Waals surface area contributed by atoms with Crippen LogP contribution >= 0.6 is 11.6 Å². The molecular formula is C15H22ClNO. The maximum absolute atomic E-state index is 9.40. The number of hydrogen-bond donors (Lipinski definition) is 2. The van der Waals surface area contributed by atoms with Gasteiger partial charge in [0.2, 0.25) is 0 Å². The van der Waals surface area contributed by atoms with Gasteiger partial charge in [0, 0.05) is 12.4 Å². The highest BCUT2D eigenvalue weighted by molar-refractivity contribution is 6.18. The van der Waals surface area contributed by atoms with E-state index in [9.17, 15) is 5.11 Å². The monoisotopic (exact) mass is 267 g/mol. The molecule has 0 radical (unpaired) electrons. The zero-order valence-corrected chi connectivity index (χ0v) is 11.5. The second kappa shape index (κ2) is 7.01. The molecule has 1 aromatic rings. The molecule has 100 valence electrons. The molecule has 1 aliphatic carbocycles. The predicted octanol–water partition coefficient (Wildman–Crippen LogP) is 3.53. The van der Waals surface area contributed by atoms with Crippen molar-refractivity contribution in [1.29, 1.82) is 0 Å². The van der Waals surface area contributed by atoms with Crippen LogP contribution in [0, 0.1) is 11.8 Å². The Morgan fingerprint density at radius 3 is 2.72 bits per heavy atom. The molecule has 0 spiro atoms. The Morgan fingerprint density at radius 1 is 1.22 bits per heavy atom. The Kier molecular flexibility index (Phi) is 5.33. The third-order valence-electron chi connectivity index (χ3n) is 3.91. The fraction of sp³-hybridized carbons (Fsp3) is 0.600. The van der Waals surface area contributed by atoms with Crippen molar-refractivity contribution < 1.29 is 5.11 Å². The molecule has 2 rings (SSSR count). The van der Waals surface area contributed by atoms with E-state index in [0.717, 1.165) is 24.5 Å². The third kappa shape index (κ3) is 3.89. The van der Waals surface area contributed by atoms with Crippen molar-refractivity contribution >= 4 is 11.6 Å². The number of benzene rings is 1. The van der Waals surface area contributed by atoms with E-state index >= 15 is 0 Å². The second-order valence-electron chi connectivity index (χ2n) is 5.26. The van der Waals surface area contributed by atoms with E-state index in [-0.39, 0.29) is 0 Å².